The van der Waals surface area contributed by atoms with E-state index in [1.165, 1.54) is 4.90 Å². The Morgan fingerprint density at radius 1 is 1.18 bits per heavy atom. The molecule has 1 atom stereocenters. The SMILES string of the molecule is O=C1NC2(CCCc3ccccc32)C(=O)N1Cc1cc(Cl)cc2c1OCOC2. The van der Waals surface area contributed by atoms with E-state index in [4.69, 9.17) is 21.1 Å². The number of halogens is 1. The van der Waals surface area contributed by atoms with Crippen LogP contribution in [0.5, 0.6) is 5.75 Å². The van der Waals surface area contributed by atoms with Gasteiger partial charge in [-0.1, -0.05) is 35.9 Å². The number of nitrogens with zero attached hydrogens (tertiary/aromatic N) is 1. The molecule has 1 spiro atoms. The zero-order valence-corrected chi connectivity index (χ0v) is 15.9. The third kappa shape index (κ3) is 2.59. The number of urea groups is 1. The molecule has 0 radical (unpaired) electrons. The summed E-state index contributed by atoms with van der Waals surface area (Å²) in [5, 5.41) is 3.50. The molecule has 7 heteroatoms. The van der Waals surface area contributed by atoms with Crippen LogP contribution in [0.2, 0.25) is 5.02 Å². The van der Waals surface area contributed by atoms with Crippen LogP contribution >= 0.6 is 11.6 Å². The molecule has 3 amide bonds. The average Bonchev–Trinajstić information content (AvgIpc) is 2.93. The maximum atomic E-state index is 13.5. The highest BCUT2D eigenvalue weighted by molar-refractivity contribution is 6.30. The van der Waals surface area contributed by atoms with Crippen LogP contribution in [0.25, 0.3) is 0 Å². The lowest BCUT2D eigenvalue weighted by molar-refractivity contribution is -0.132. The average molecular weight is 399 g/mol. The minimum absolute atomic E-state index is 0.109. The lowest BCUT2D eigenvalue weighted by Crippen LogP contribution is -2.46. The van der Waals surface area contributed by atoms with Gasteiger partial charge in [0, 0.05) is 16.1 Å². The van der Waals surface area contributed by atoms with E-state index in [0.29, 0.717) is 29.4 Å². The molecule has 1 unspecified atom stereocenters. The second-order valence-electron chi connectivity index (χ2n) is 7.40. The van der Waals surface area contributed by atoms with Gasteiger partial charge in [0.15, 0.2) is 6.79 Å². The fraction of sp³-hybridized carbons (Fsp3) is 0.333. The van der Waals surface area contributed by atoms with Crippen LogP contribution in [0.15, 0.2) is 36.4 Å². The van der Waals surface area contributed by atoms with Crippen molar-refractivity contribution in [3.05, 3.63) is 63.7 Å². The first-order valence-corrected chi connectivity index (χ1v) is 9.71. The lowest BCUT2D eigenvalue weighted by atomic mass is 9.76. The minimum atomic E-state index is -0.978. The first-order valence-electron chi connectivity index (χ1n) is 9.33. The van der Waals surface area contributed by atoms with E-state index in [2.05, 4.69) is 5.32 Å². The van der Waals surface area contributed by atoms with Gasteiger partial charge in [0.25, 0.3) is 5.91 Å². The van der Waals surface area contributed by atoms with Crippen molar-refractivity contribution in [2.24, 2.45) is 0 Å². The van der Waals surface area contributed by atoms with Crippen molar-refractivity contribution in [3.8, 4) is 5.75 Å². The van der Waals surface area contributed by atoms with Gasteiger partial charge >= 0.3 is 6.03 Å². The maximum Gasteiger partial charge on any atom is 0.325 e. The van der Waals surface area contributed by atoms with Gasteiger partial charge in [-0.3, -0.25) is 9.69 Å². The first-order chi connectivity index (χ1) is 13.6. The Hall–Kier alpha value is -2.57. The van der Waals surface area contributed by atoms with Crippen LogP contribution in [0.3, 0.4) is 0 Å². The van der Waals surface area contributed by atoms with Crippen LogP contribution in [0, 0.1) is 0 Å². The quantitative estimate of drug-likeness (QED) is 0.786. The van der Waals surface area contributed by atoms with Crippen molar-refractivity contribution in [2.45, 2.75) is 38.0 Å². The monoisotopic (exact) mass is 398 g/mol. The van der Waals surface area contributed by atoms with Gasteiger partial charge < -0.3 is 14.8 Å². The van der Waals surface area contributed by atoms with Crippen molar-refractivity contribution in [1.29, 1.82) is 0 Å². The molecule has 0 aromatic heterocycles. The number of rotatable bonds is 2. The molecule has 144 valence electrons. The minimum Gasteiger partial charge on any atom is -0.467 e. The Balaban J connectivity index is 1.52. The van der Waals surface area contributed by atoms with Gasteiger partial charge in [-0.15, -0.1) is 0 Å². The summed E-state index contributed by atoms with van der Waals surface area (Å²) in [4.78, 5) is 27.5. The molecular formula is C21H19ClN2O4. The number of hydrogen-bond donors (Lipinski definition) is 1. The van der Waals surface area contributed by atoms with Gasteiger partial charge in [-0.05, 0) is 42.5 Å². The predicted molar refractivity (Wildman–Crippen MR) is 102 cm³/mol. The van der Waals surface area contributed by atoms with Crippen molar-refractivity contribution in [2.75, 3.05) is 6.79 Å². The number of fused-ring (bicyclic) bond motifs is 3. The number of ether oxygens (including phenoxy) is 2. The Labute approximate surface area is 167 Å². The van der Waals surface area contributed by atoms with Crippen LogP contribution in [0.4, 0.5) is 4.79 Å². The van der Waals surface area contributed by atoms with Gasteiger partial charge in [0.05, 0.1) is 13.2 Å². The fourth-order valence-corrected chi connectivity index (χ4v) is 4.76. The second kappa shape index (κ2) is 6.50. The van der Waals surface area contributed by atoms with Crippen LogP contribution in [-0.2, 0) is 34.6 Å². The molecule has 3 aliphatic rings. The summed E-state index contributed by atoms with van der Waals surface area (Å²) in [7, 11) is 0. The number of carbonyl (C=O) groups is 2. The highest BCUT2D eigenvalue weighted by Crippen LogP contribution is 2.41. The summed E-state index contributed by atoms with van der Waals surface area (Å²) < 4.78 is 10.9. The number of imide groups is 1. The molecule has 6 nitrogen and oxygen atoms in total. The molecule has 2 heterocycles. The van der Waals surface area contributed by atoms with Gasteiger partial charge in [0.1, 0.15) is 11.3 Å². The molecular weight excluding hydrogens is 380 g/mol. The van der Waals surface area contributed by atoms with E-state index in [0.717, 1.165) is 29.5 Å². The van der Waals surface area contributed by atoms with Crippen LogP contribution in [0.1, 0.15) is 35.1 Å². The van der Waals surface area contributed by atoms with E-state index in [1.54, 1.807) is 12.1 Å². The highest BCUT2D eigenvalue weighted by atomic mass is 35.5. The fourth-order valence-electron chi connectivity index (χ4n) is 4.50. The summed E-state index contributed by atoms with van der Waals surface area (Å²) in [6.45, 7) is 0.636. The maximum absolute atomic E-state index is 13.5. The summed E-state index contributed by atoms with van der Waals surface area (Å²) in [5.74, 6) is 0.423. The van der Waals surface area contributed by atoms with E-state index in [9.17, 15) is 9.59 Å². The highest BCUT2D eigenvalue weighted by Gasteiger charge is 2.53. The molecule has 1 N–H and O–H groups in total. The molecule has 1 saturated heterocycles. The molecule has 5 rings (SSSR count). The molecule has 2 aromatic rings. The number of nitrogens with one attached hydrogen (secondary N) is 1. The van der Waals surface area contributed by atoms with E-state index < -0.39 is 5.54 Å². The molecule has 1 aliphatic carbocycles. The van der Waals surface area contributed by atoms with Crippen LogP contribution < -0.4 is 10.1 Å². The summed E-state index contributed by atoms with van der Waals surface area (Å²) >= 11 is 6.23. The van der Waals surface area contributed by atoms with Gasteiger partial charge in [0.2, 0.25) is 0 Å². The molecule has 2 aromatic carbocycles. The third-order valence-electron chi connectivity index (χ3n) is 5.73. The zero-order valence-electron chi connectivity index (χ0n) is 15.2. The second-order valence-corrected chi connectivity index (χ2v) is 7.84. The summed E-state index contributed by atoms with van der Waals surface area (Å²) in [6.07, 6.45) is 2.36. The molecule has 28 heavy (non-hydrogen) atoms. The zero-order chi connectivity index (χ0) is 19.3. The summed E-state index contributed by atoms with van der Waals surface area (Å²) in [6, 6.07) is 11.0. The molecule has 1 fully saturated rings. The van der Waals surface area contributed by atoms with Crippen LogP contribution in [-0.4, -0.2) is 23.6 Å². The molecule has 2 aliphatic heterocycles. The van der Waals surface area contributed by atoms with Gasteiger partial charge in [-0.2, -0.15) is 0 Å². The lowest BCUT2D eigenvalue weighted by Gasteiger charge is -2.33. The van der Waals surface area contributed by atoms with E-state index >= 15 is 0 Å². The van der Waals surface area contributed by atoms with Crippen molar-refractivity contribution in [3.63, 3.8) is 0 Å². The van der Waals surface area contributed by atoms with Crippen molar-refractivity contribution >= 4 is 23.5 Å². The Kier molecular flexibility index (Phi) is 4.07. The number of benzene rings is 2. The third-order valence-corrected chi connectivity index (χ3v) is 5.95. The normalized spacial score (nSPS) is 23.2. The van der Waals surface area contributed by atoms with Crippen molar-refractivity contribution < 1.29 is 19.1 Å². The van der Waals surface area contributed by atoms with Gasteiger partial charge in [-0.25, -0.2) is 4.79 Å². The number of carbonyl (C=O) groups excluding carboxylic acids is 2. The topological polar surface area (TPSA) is 67.9 Å². The Morgan fingerprint density at radius 3 is 2.93 bits per heavy atom. The van der Waals surface area contributed by atoms with E-state index in [1.807, 2.05) is 24.3 Å². The van der Waals surface area contributed by atoms with E-state index in [-0.39, 0.29) is 25.3 Å². The molecule has 0 bridgehead atoms. The predicted octanol–water partition coefficient (Wildman–Crippen LogP) is 3.49. The standard InChI is InChI=1S/C21H19ClN2O4/c22-16-8-14(18-15(9-16)11-27-12-28-18)10-24-19(25)21(23-20(24)26)7-3-5-13-4-1-2-6-17(13)21/h1-2,4,6,8-9H,3,5,7,10-12H2,(H,23,26). The smallest absolute Gasteiger partial charge is 0.325 e. The number of aryl methyl sites for hydroxylation is 1. The Bertz CT molecular complexity index is 992. The largest absolute Gasteiger partial charge is 0.467 e. The Morgan fingerprint density at radius 2 is 2.04 bits per heavy atom. The number of hydrogen-bond acceptors (Lipinski definition) is 4. The molecule has 0 saturated carbocycles. The summed E-state index contributed by atoms with van der Waals surface area (Å²) in [5.41, 5.74) is 2.56. The first kappa shape index (κ1) is 17.5. The number of amides is 3. The van der Waals surface area contributed by atoms with Crippen molar-refractivity contribution in [1.82, 2.24) is 10.2 Å².